The second-order valence-corrected chi connectivity index (χ2v) is 6.11. The van der Waals surface area contributed by atoms with E-state index in [2.05, 4.69) is 22.4 Å². The van der Waals surface area contributed by atoms with E-state index in [4.69, 9.17) is 0 Å². The van der Waals surface area contributed by atoms with Crippen molar-refractivity contribution in [1.82, 2.24) is 14.9 Å². The molecular weight excluding hydrogens is 314 g/mol. The Balaban J connectivity index is 1.66. The molecule has 0 bridgehead atoms. The Morgan fingerprint density at radius 2 is 1.92 bits per heavy atom. The van der Waals surface area contributed by atoms with Gasteiger partial charge in [-0.25, -0.2) is 4.98 Å². The Morgan fingerprint density at radius 1 is 1.16 bits per heavy atom. The Kier molecular flexibility index (Phi) is 4.93. The van der Waals surface area contributed by atoms with Gasteiger partial charge in [-0.15, -0.1) is 0 Å². The van der Waals surface area contributed by atoms with Crippen LogP contribution in [0.1, 0.15) is 28.0 Å². The average Bonchev–Trinajstić information content (AvgIpc) is 2.63. The lowest BCUT2D eigenvalue weighted by Gasteiger charge is -2.09. The third kappa shape index (κ3) is 3.76. The molecule has 0 radical (unpaired) electrons. The summed E-state index contributed by atoms with van der Waals surface area (Å²) in [6.45, 7) is 2.30. The van der Waals surface area contributed by atoms with Gasteiger partial charge in [-0.2, -0.15) is 0 Å². The largest absolute Gasteiger partial charge is 0.352 e. The van der Waals surface area contributed by atoms with Crippen LogP contribution in [0, 0.1) is 6.92 Å². The van der Waals surface area contributed by atoms with Gasteiger partial charge in [0.2, 0.25) is 0 Å². The average molecular weight is 335 g/mol. The van der Waals surface area contributed by atoms with Crippen molar-refractivity contribution in [3.8, 4) is 0 Å². The van der Waals surface area contributed by atoms with E-state index in [0.29, 0.717) is 23.3 Å². The zero-order valence-electron chi connectivity index (χ0n) is 14.5. The van der Waals surface area contributed by atoms with E-state index in [1.807, 2.05) is 18.2 Å². The molecule has 25 heavy (non-hydrogen) atoms. The normalized spacial score (nSPS) is 10.8. The molecule has 5 nitrogen and oxygen atoms in total. The summed E-state index contributed by atoms with van der Waals surface area (Å²) in [5, 5.41) is 2.94. The van der Waals surface area contributed by atoms with Gasteiger partial charge in [-0.3, -0.25) is 9.59 Å². The van der Waals surface area contributed by atoms with Crippen LogP contribution >= 0.6 is 0 Å². The van der Waals surface area contributed by atoms with Gasteiger partial charge in [0, 0.05) is 19.2 Å². The number of rotatable bonds is 5. The second kappa shape index (κ2) is 7.30. The highest BCUT2D eigenvalue weighted by Gasteiger charge is 2.10. The van der Waals surface area contributed by atoms with Crippen LogP contribution in [0.5, 0.6) is 0 Å². The summed E-state index contributed by atoms with van der Waals surface area (Å²) >= 11 is 0. The molecule has 0 spiro atoms. The van der Waals surface area contributed by atoms with Crippen molar-refractivity contribution in [2.24, 2.45) is 7.05 Å². The molecule has 0 atom stereocenters. The number of fused-ring (bicyclic) bond motifs is 1. The van der Waals surface area contributed by atoms with Crippen molar-refractivity contribution in [2.75, 3.05) is 6.54 Å². The number of aryl methyl sites for hydroxylation is 3. The summed E-state index contributed by atoms with van der Waals surface area (Å²) in [7, 11) is 1.71. The molecule has 0 aliphatic rings. The highest BCUT2D eigenvalue weighted by Crippen LogP contribution is 2.12. The van der Waals surface area contributed by atoms with Crippen molar-refractivity contribution in [1.29, 1.82) is 0 Å². The van der Waals surface area contributed by atoms with Gasteiger partial charge in [-0.1, -0.05) is 30.3 Å². The van der Waals surface area contributed by atoms with Crippen LogP contribution in [-0.4, -0.2) is 22.0 Å². The fourth-order valence-electron chi connectivity index (χ4n) is 2.86. The number of carbonyl (C=O) groups excluding carboxylic acids is 1. The minimum Gasteiger partial charge on any atom is -0.352 e. The summed E-state index contributed by atoms with van der Waals surface area (Å²) < 4.78 is 1.55. The first-order valence-corrected chi connectivity index (χ1v) is 8.36. The maximum Gasteiger partial charge on any atom is 0.272 e. The predicted octanol–water partition coefficient (Wildman–Crippen LogP) is 2.60. The van der Waals surface area contributed by atoms with Crippen molar-refractivity contribution < 1.29 is 4.79 Å². The van der Waals surface area contributed by atoms with Crippen LogP contribution in [0.15, 0.2) is 53.3 Å². The van der Waals surface area contributed by atoms with Crippen molar-refractivity contribution in [3.05, 3.63) is 75.7 Å². The molecule has 1 aromatic heterocycles. The zero-order chi connectivity index (χ0) is 17.8. The van der Waals surface area contributed by atoms with Crippen LogP contribution in [0.2, 0.25) is 0 Å². The Labute approximate surface area is 146 Å². The molecule has 0 saturated heterocycles. The maximum atomic E-state index is 12.3. The maximum absolute atomic E-state index is 12.3. The lowest BCUT2D eigenvalue weighted by atomic mass is 10.1. The molecule has 2 aromatic carbocycles. The van der Waals surface area contributed by atoms with Crippen LogP contribution in [0.3, 0.4) is 0 Å². The number of carbonyl (C=O) groups is 1. The summed E-state index contributed by atoms with van der Waals surface area (Å²) in [6, 6.07) is 15.4. The smallest absolute Gasteiger partial charge is 0.272 e. The summed E-state index contributed by atoms with van der Waals surface area (Å²) in [6.07, 6.45) is 1.82. The quantitative estimate of drug-likeness (QED) is 0.729. The number of benzene rings is 2. The van der Waals surface area contributed by atoms with Gasteiger partial charge in [-0.05, 0) is 43.5 Å². The predicted molar refractivity (Wildman–Crippen MR) is 98.8 cm³/mol. The van der Waals surface area contributed by atoms with Gasteiger partial charge in [0.15, 0.2) is 0 Å². The number of nitrogens with zero attached hydrogens (tertiary/aromatic N) is 2. The van der Waals surface area contributed by atoms with Gasteiger partial charge >= 0.3 is 0 Å². The molecular formula is C20H21N3O2. The standard InChI is InChI=1S/C20H21N3O2/c1-14-20(25)23(2)18-11-10-16(13-17(18)22-14)19(24)21-12-6-9-15-7-4-3-5-8-15/h3-5,7-8,10-11,13H,6,9,12H2,1-2H3,(H,21,24). The Morgan fingerprint density at radius 3 is 2.68 bits per heavy atom. The van der Waals surface area contributed by atoms with Crippen molar-refractivity contribution in [3.63, 3.8) is 0 Å². The summed E-state index contributed by atoms with van der Waals surface area (Å²) in [5.41, 5.74) is 3.50. The molecule has 5 heteroatoms. The SMILES string of the molecule is Cc1nc2cc(C(=O)NCCCc3ccccc3)ccc2n(C)c1=O. The molecule has 3 aromatic rings. The van der Waals surface area contributed by atoms with E-state index in [0.717, 1.165) is 18.4 Å². The van der Waals surface area contributed by atoms with Crippen LogP contribution < -0.4 is 10.9 Å². The molecule has 0 saturated carbocycles. The lowest BCUT2D eigenvalue weighted by molar-refractivity contribution is 0.0953. The number of hydrogen-bond acceptors (Lipinski definition) is 3. The minimum atomic E-state index is -0.122. The monoisotopic (exact) mass is 335 g/mol. The third-order valence-corrected chi connectivity index (χ3v) is 4.27. The highest BCUT2D eigenvalue weighted by atomic mass is 16.1. The number of aromatic nitrogens is 2. The Bertz CT molecular complexity index is 962. The van der Waals surface area contributed by atoms with Gasteiger partial charge in [0.1, 0.15) is 5.69 Å². The van der Waals surface area contributed by atoms with E-state index < -0.39 is 0 Å². The van der Waals surface area contributed by atoms with Crippen molar-refractivity contribution >= 4 is 16.9 Å². The molecule has 1 N–H and O–H groups in total. The molecule has 1 amide bonds. The lowest BCUT2D eigenvalue weighted by Crippen LogP contribution is -2.25. The topological polar surface area (TPSA) is 64.0 Å². The first-order chi connectivity index (χ1) is 12.1. The fraction of sp³-hybridized carbons (Fsp3) is 0.250. The fourth-order valence-corrected chi connectivity index (χ4v) is 2.86. The first kappa shape index (κ1) is 16.9. The molecule has 0 unspecified atom stereocenters. The summed E-state index contributed by atoms with van der Waals surface area (Å²) in [4.78, 5) is 28.5. The molecule has 3 rings (SSSR count). The van der Waals surface area contributed by atoms with E-state index in [-0.39, 0.29) is 11.5 Å². The minimum absolute atomic E-state index is 0.120. The molecule has 0 aliphatic heterocycles. The van der Waals surface area contributed by atoms with Gasteiger partial charge in [0.25, 0.3) is 11.5 Å². The molecule has 0 aliphatic carbocycles. The van der Waals surface area contributed by atoms with Gasteiger partial charge in [0.05, 0.1) is 11.0 Å². The van der Waals surface area contributed by atoms with E-state index >= 15 is 0 Å². The van der Waals surface area contributed by atoms with E-state index in [9.17, 15) is 9.59 Å². The van der Waals surface area contributed by atoms with Gasteiger partial charge < -0.3 is 9.88 Å². The number of amides is 1. The zero-order valence-corrected chi connectivity index (χ0v) is 14.5. The van der Waals surface area contributed by atoms with E-state index in [1.165, 1.54) is 5.56 Å². The number of nitrogens with one attached hydrogen (secondary N) is 1. The third-order valence-electron chi connectivity index (χ3n) is 4.27. The first-order valence-electron chi connectivity index (χ1n) is 8.36. The van der Waals surface area contributed by atoms with Crippen LogP contribution in [0.25, 0.3) is 11.0 Å². The highest BCUT2D eigenvalue weighted by molar-refractivity contribution is 5.97. The van der Waals surface area contributed by atoms with Crippen molar-refractivity contribution in [2.45, 2.75) is 19.8 Å². The number of hydrogen-bond donors (Lipinski definition) is 1. The van der Waals surface area contributed by atoms with Crippen LogP contribution in [0.4, 0.5) is 0 Å². The molecule has 0 fully saturated rings. The molecule has 1 heterocycles. The summed E-state index contributed by atoms with van der Waals surface area (Å²) in [5.74, 6) is -0.122. The van der Waals surface area contributed by atoms with E-state index in [1.54, 1.807) is 36.7 Å². The second-order valence-electron chi connectivity index (χ2n) is 6.11. The Hall–Kier alpha value is -2.95. The molecule has 128 valence electrons. The van der Waals surface area contributed by atoms with Crippen LogP contribution in [-0.2, 0) is 13.5 Å².